The number of hydrogen-bond donors (Lipinski definition) is 0. The molecule has 1 unspecified atom stereocenters. The van der Waals surface area contributed by atoms with E-state index in [1.54, 1.807) is 14.0 Å². The van der Waals surface area contributed by atoms with Gasteiger partial charge < -0.3 is 9.47 Å². The fourth-order valence-electron chi connectivity index (χ4n) is 1.69. The maximum atomic E-state index is 12.0. The van der Waals surface area contributed by atoms with E-state index in [-0.39, 0.29) is 6.10 Å². The van der Waals surface area contributed by atoms with Gasteiger partial charge in [0, 0.05) is 6.42 Å². The minimum atomic E-state index is -1.39. The van der Waals surface area contributed by atoms with Gasteiger partial charge in [-0.3, -0.25) is 0 Å². The van der Waals surface area contributed by atoms with Crippen LogP contribution in [-0.2, 0) is 16.3 Å². The summed E-state index contributed by atoms with van der Waals surface area (Å²) in [5.41, 5.74) is 0.928. The van der Waals surface area contributed by atoms with Crippen molar-refractivity contribution in [3.05, 3.63) is 29.8 Å². The molecule has 0 aliphatic carbocycles. The summed E-state index contributed by atoms with van der Waals surface area (Å²) in [6, 6.07) is 7.50. The van der Waals surface area contributed by atoms with Gasteiger partial charge in [-0.05, 0) is 38.5 Å². The molecule has 0 aliphatic rings. The Labute approximate surface area is 97.0 Å². The molecular formula is C13H19O3. The SMILES string of the molecule is COc1cccc(CC(C)([O])OC(C)C)c1. The van der Waals surface area contributed by atoms with Crippen LogP contribution in [0, 0.1) is 0 Å². The molecule has 0 N–H and O–H groups in total. The lowest BCUT2D eigenvalue weighted by atomic mass is 10.1. The van der Waals surface area contributed by atoms with Crippen LogP contribution in [0.3, 0.4) is 0 Å². The first-order valence-corrected chi connectivity index (χ1v) is 5.44. The van der Waals surface area contributed by atoms with E-state index < -0.39 is 5.79 Å². The van der Waals surface area contributed by atoms with Gasteiger partial charge in [-0.15, -0.1) is 0 Å². The van der Waals surface area contributed by atoms with E-state index in [1.165, 1.54) is 0 Å². The van der Waals surface area contributed by atoms with Crippen molar-refractivity contribution in [1.82, 2.24) is 0 Å². The molecule has 0 bridgehead atoms. The smallest absolute Gasteiger partial charge is 0.203 e. The second kappa shape index (κ2) is 5.32. The van der Waals surface area contributed by atoms with Crippen molar-refractivity contribution >= 4 is 0 Å². The average Bonchev–Trinajstić information content (AvgIpc) is 2.15. The number of methoxy groups -OCH3 is 1. The Balaban J connectivity index is 2.71. The third-order valence-electron chi connectivity index (χ3n) is 2.14. The van der Waals surface area contributed by atoms with E-state index >= 15 is 0 Å². The molecule has 3 nitrogen and oxygen atoms in total. The largest absolute Gasteiger partial charge is 0.497 e. The summed E-state index contributed by atoms with van der Waals surface area (Å²) in [5, 5.41) is 12.0. The summed E-state index contributed by atoms with van der Waals surface area (Å²) in [6.07, 6.45) is 0.274. The number of rotatable bonds is 5. The molecule has 16 heavy (non-hydrogen) atoms. The van der Waals surface area contributed by atoms with Crippen LogP contribution in [0.4, 0.5) is 0 Å². The van der Waals surface area contributed by atoms with Gasteiger partial charge in [-0.1, -0.05) is 12.1 Å². The summed E-state index contributed by atoms with van der Waals surface area (Å²) < 4.78 is 10.4. The van der Waals surface area contributed by atoms with Gasteiger partial charge in [-0.25, -0.2) is 0 Å². The summed E-state index contributed by atoms with van der Waals surface area (Å²) in [4.78, 5) is 0. The second-order valence-corrected chi connectivity index (χ2v) is 4.33. The molecule has 1 aromatic rings. The molecule has 0 heterocycles. The Hall–Kier alpha value is -1.06. The molecule has 3 heteroatoms. The Morgan fingerprint density at radius 3 is 2.62 bits per heavy atom. The summed E-state index contributed by atoms with van der Waals surface area (Å²) in [6.45, 7) is 5.29. The maximum Gasteiger partial charge on any atom is 0.203 e. The Bertz CT molecular complexity index is 332. The first-order valence-electron chi connectivity index (χ1n) is 5.44. The monoisotopic (exact) mass is 223 g/mol. The third kappa shape index (κ3) is 4.21. The molecule has 1 atom stereocenters. The quantitative estimate of drug-likeness (QED) is 0.720. The normalized spacial score (nSPS) is 14.9. The van der Waals surface area contributed by atoms with Gasteiger partial charge in [0.05, 0.1) is 13.2 Å². The zero-order valence-corrected chi connectivity index (χ0v) is 10.3. The standard InChI is InChI=1S/C13H19O3/c1-10(2)16-13(3,14)9-11-6-5-7-12(8-11)15-4/h5-8,10H,9H2,1-4H3. The fourth-order valence-corrected chi connectivity index (χ4v) is 1.69. The molecule has 0 aliphatic heterocycles. The van der Waals surface area contributed by atoms with Gasteiger partial charge in [0.15, 0.2) is 0 Å². The molecule has 0 amide bonds. The van der Waals surface area contributed by atoms with Crippen LogP contribution in [0.5, 0.6) is 5.75 Å². The van der Waals surface area contributed by atoms with Crippen molar-refractivity contribution < 1.29 is 14.6 Å². The molecular weight excluding hydrogens is 204 g/mol. The van der Waals surface area contributed by atoms with Crippen LogP contribution >= 0.6 is 0 Å². The summed E-state index contributed by atoms with van der Waals surface area (Å²) in [7, 11) is 1.61. The summed E-state index contributed by atoms with van der Waals surface area (Å²) in [5.74, 6) is -0.626. The van der Waals surface area contributed by atoms with Crippen molar-refractivity contribution in [3.63, 3.8) is 0 Å². The number of ether oxygens (including phenoxy) is 2. The van der Waals surface area contributed by atoms with Crippen molar-refractivity contribution in [2.24, 2.45) is 0 Å². The highest BCUT2D eigenvalue weighted by Gasteiger charge is 2.25. The van der Waals surface area contributed by atoms with Crippen molar-refractivity contribution in [1.29, 1.82) is 0 Å². The van der Waals surface area contributed by atoms with Crippen LogP contribution in [0.1, 0.15) is 26.3 Å². The lowest BCUT2D eigenvalue weighted by Gasteiger charge is -2.24. The average molecular weight is 223 g/mol. The van der Waals surface area contributed by atoms with Gasteiger partial charge in [-0.2, -0.15) is 5.11 Å². The molecule has 1 radical (unpaired) electrons. The first-order chi connectivity index (χ1) is 7.43. The molecule has 1 aromatic carbocycles. The van der Waals surface area contributed by atoms with E-state index in [0.29, 0.717) is 6.42 Å². The molecule has 1 rings (SSSR count). The molecule has 0 saturated carbocycles. The van der Waals surface area contributed by atoms with E-state index in [2.05, 4.69) is 0 Å². The van der Waals surface area contributed by atoms with E-state index in [1.807, 2.05) is 38.1 Å². The maximum absolute atomic E-state index is 12.0. The van der Waals surface area contributed by atoms with E-state index in [9.17, 15) is 5.11 Å². The highest BCUT2D eigenvalue weighted by Crippen LogP contribution is 2.20. The highest BCUT2D eigenvalue weighted by molar-refractivity contribution is 5.29. The Morgan fingerprint density at radius 1 is 1.38 bits per heavy atom. The molecule has 0 fully saturated rings. The van der Waals surface area contributed by atoms with Gasteiger partial charge in [0.1, 0.15) is 5.75 Å². The second-order valence-electron chi connectivity index (χ2n) is 4.33. The minimum Gasteiger partial charge on any atom is -0.497 e. The predicted molar refractivity (Wildman–Crippen MR) is 62.0 cm³/mol. The van der Waals surface area contributed by atoms with Crippen molar-refractivity contribution in [3.8, 4) is 5.75 Å². The van der Waals surface area contributed by atoms with Crippen LogP contribution in [0.2, 0.25) is 0 Å². The van der Waals surface area contributed by atoms with E-state index in [0.717, 1.165) is 11.3 Å². The zero-order chi connectivity index (χ0) is 12.2. The molecule has 89 valence electrons. The lowest BCUT2D eigenvalue weighted by Crippen LogP contribution is -2.32. The van der Waals surface area contributed by atoms with Crippen LogP contribution in [-0.4, -0.2) is 19.0 Å². The first kappa shape index (κ1) is 13.0. The van der Waals surface area contributed by atoms with Crippen molar-refractivity contribution in [2.75, 3.05) is 7.11 Å². The lowest BCUT2D eigenvalue weighted by molar-refractivity contribution is -0.244. The Morgan fingerprint density at radius 2 is 2.06 bits per heavy atom. The number of benzene rings is 1. The van der Waals surface area contributed by atoms with Crippen LogP contribution in [0.15, 0.2) is 24.3 Å². The molecule has 0 spiro atoms. The Kier molecular flexibility index (Phi) is 4.33. The number of hydrogen-bond acceptors (Lipinski definition) is 2. The van der Waals surface area contributed by atoms with Gasteiger partial charge >= 0.3 is 0 Å². The minimum absolute atomic E-state index is 0.0619. The fraction of sp³-hybridized carbons (Fsp3) is 0.538. The van der Waals surface area contributed by atoms with Crippen molar-refractivity contribution in [2.45, 2.75) is 39.1 Å². The topological polar surface area (TPSA) is 38.4 Å². The van der Waals surface area contributed by atoms with Crippen LogP contribution in [0.25, 0.3) is 0 Å². The van der Waals surface area contributed by atoms with Gasteiger partial charge in [0.2, 0.25) is 5.79 Å². The zero-order valence-electron chi connectivity index (χ0n) is 10.3. The van der Waals surface area contributed by atoms with Crippen LogP contribution < -0.4 is 4.74 Å². The summed E-state index contributed by atoms with van der Waals surface area (Å²) >= 11 is 0. The predicted octanol–water partition coefficient (Wildman–Crippen LogP) is 2.81. The highest BCUT2D eigenvalue weighted by atomic mass is 16.6. The molecule has 0 saturated heterocycles. The third-order valence-corrected chi connectivity index (χ3v) is 2.14. The van der Waals surface area contributed by atoms with E-state index in [4.69, 9.17) is 9.47 Å². The molecule has 0 aromatic heterocycles. The van der Waals surface area contributed by atoms with Gasteiger partial charge in [0.25, 0.3) is 0 Å².